The second kappa shape index (κ2) is 12.3. The molecule has 0 aliphatic rings. The molecule has 7 nitrogen and oxygen atoms in total. The average molecular weight is 449 g/mol. The third-order valence-corrected chi connectivity index (χ3v) is 6.62. The molecule has 0 radical (unpaired) electrons. The summed E-state index contributed by atoms with van der Waals surface area (Å²) in [4.78, 5) is 16.0. The lowest BCUT2D eigenvalue weighted by atomic mass is 10.0. The predicted molar refractivity (Wildman–Crippen MR) is 120 cm³/mol. The van der Waals surface area contributed by atoms with E-state index in [1.54, 1.807) is 0 Å². The number of nitrogens with two attached hydrogens (primary N) is 1. The molecule has 1 atom stereocenters. The summed E-state index contributed by atoms with van der Waals surface area (Å²) in [6.45, 7) is 4.80. The van der Waals surface area contributed by atoms with Gasteiger partial charge in [0, 0.05) is 0 Å². The molecule has 0 fully saturated rings. The smallest absolute Gasteiger partial charge is 0.306 e. The van der Waals surface area contributed by atoms with Crippen molar-refractivity contribution < 1.29 is 22.7 Å². The number of nitrogens with zero attached hydrogens (tertiary/aromatic N) is 1. The fourth-order valence-corrected chi connectivity index (χ4v) is 4.13. The second-order valence-electron chi connectivity index (χ2n) is 7.48. The van der Waals surface area contributed by atoms with Crippen LogP contribution in [-0.4, -0.2) is 31.7 Å². The highest BCUT2D eigenvalue weighted by atomic mass is 32.2. The number of pyridine rings is 1. The monoisotopic (exact) mass is 448 g/mol. The molecule has 1 aromatic carbocycles. The fraction of sp³-hybridized carbons (Fsp3) is 0.478. The van der Waals surface area contributed by atoms with Crippen molar-refractivity contribution in [1.82, 2.24) is 4.98 Å². The quantitative estimate of drug-likeness (QED) is 0.458. The maximum Gasteiger partial charge on any atom is 0.306 e. The van der Waals surface area contributed by atoms with E-state index >= 15 is 0 Å². The number of ether oxygens (including phenoxy) is 2. The molecule has 0 bridgehead atoms. The van der Waals surface area contributed by atoms with E-state index in [1.165, 1.54) is 12.1 Å². The molecule has 0 saturated heterocycles. The lowest BCUT2D eigenvalue weighted by molar-refractivity contribution is -0.144. The van der Waals surface area contributed by atoms with Gasteiger partial charge in [-0.25, -0.2) is 13.4 Å². The Morgan fingerprint density at radius 2 is 1.87 bits per heavy atom. The predicted octanol–water partition coefficient (Wildman–Crippen LogP) is 4.17. The first kappa shape index (κ1) is 24.7. The highest BCUT2D eigenvalue weighted by molar-refractivity contribution is 7.91. The highest BCUT2D eigenvalue weighted by Crippen LogP contribution is 2.23. The Morgan fingerprint density at radius 1 is 1.13 bits per heavy atom. The molecule has 0 spiro atoms. The third kappa shape index (κ3) is 8.20. The zero-order chi connectivity index (χ0) is 22.7. The molecule has 2 aromatic rings. The number of anilines is 1. The maximum atomic E-state index is 12.5. The van der Waals surface area contributed by atoms with Gasteiger partial charge in [0.1, 0.15) is 6.61 Å². The number of sulfone groups is 1. The Bertz CT molecular complexity index is 932. The van der Waals surface area contributed by atoms with Gasteiger partial charge in [0.05, 0.1) is 18.8 Å². The highest BCUT2D eigenvalue weighted by Gasteiger charge is 2.20. The number of unbranched alkanes of at least 4 members (excludes halogenated alkanes) is 1. The standard InChI is InChI=1S/C23H32N2O5S/c1-3-5-9-18(4-2)16-30-22(26)14-15-31(27,28)21-13-12-20(23(24)25-21)29-17-19-10-7-6-8-11-19/h6-8,10-13,18H,3-5,9,14-17H2,1-2H3,(H2,24,25). The summed E-state index contributed by atoms with van der Waals surface area (Å²) in [7, 11) is -3.77. The van der Waals surface area contributed by atoms with Gasteiger partial charge in [0.25, 0.3) is 0 Å². The van der Waals surface area contributed by atoms with Crippen LogP contribution in [0.3, 0.4) is 0 Å². The Balaban J connectivity index is 1.88. The Kier molecular flexibility index (Phi) is 9.78. The van der Waals surface area contributed by atoms with Gasteiger partial charge in [-0.1, -0.05) is 63.4 Å². The van der Waals surface area contributed by atoms with Crippen molar-refractivity contribution in [1.29, 1.82) is 0 Å². The van der Waals surface area contributed by atoms with Crippen LogP contribution in [0.25, 0.3) is 0 Å². The van der Waals surface area contributed by atoms with E-state index in [9.17, 15) is 13.2 Å². The Labute approximate surface area is 184 Å². The Morgan fingerprint density at radius 3 is 2.52 bits per heavy atom. The topological polar surface area (TPSA) is 109 Å². The van der Waals surface area contributed by atoms with Crippen LogP contribution in [0, 0.1) is 5.92 Å². The van der Waals surface area contributed by atoms with E-state index in [4.69, 9.17) is 15.2 Å². The number of carbonyl (C=O) groups excluding carboxylic acids is 1. The Hall–Kier alpha value is -2.61. The van der Waals surface area contributed by atoms with Crippen LogP contribution in [0.15, 0.2) is 47.5 Å². The minimum absolute atomic E-state index is 0.0127. The van der Waals surface area contributed by atoms with Crippen molar-refractivity contribution in [3.63, 3.8) is 0 Å². The minimum atomic E-state index is -3.77. The number of hydrogen-bond acceptors (Lipinski definition) is 7. The number of rotatable bonds is 13. The van der Waals surface area contributed by atoms with Gasteiger partial charge in [0.15, 0.2) is 26.4 Å². The first-order valence-corrected chi connectivity index (χ1v) is 12.3. The van der Waals surface area contributed by atoms with E-state index < -0.39 is 15.8 Å². The zero-order valence-corrected chi connectivity index (χ0v) is 19.1. The summed E-state index contributed by atoms with van der Waals surface area (Å²) in [5.74, 6) is -0.297. The molecule has 0 aliphatic carbocycles. The number of aromatic nitrogens is 1. The van der Waals surface area contributed by atoms with Crippen LogP contribution in [0.4, 0.5) is 5.82 Å². The third-order valence-electron chi connectivity index (χ3n) is 5.01. The molecule has 0 aliphatic heterocycles. The molecule has 31 heavy (non-hydrogen) atoms. The lowest BCUT2D eigenvalue weighted by Crippen LogP contribution is -2.18. The van der Waals surface area contributed by atoms with E-state index in [0.29, 0.717) is 24.9 Å². The number of esters is 1. The van der Waals surface area contributed by atoms with Gasteiger partial charge in [-0.15, -0.1) is 0 Å². The minimum Gasteiger partial charge on any atom is -0.485 e. The van der Waals surface area contributed by atoms with Crippen molar-refractivity contribution in [3.8, 4) is 5.75 Å². The van der Waals surface area contributed by atoms with Gasteiger partial charge < -0.3 is 15.2 Å². The molecule has 170 valence electrons. The van der Waals surface area contributed by atoms with Gasteiger partial charge in [0.2, 0.25) is 0 Å². The van der Waals surface area contributed by atoms with Crippen molar-refractivity contribution in [2.45, 2.75) is 57.6 Å². The van der Waals surface area contributed by atoms with Crippen LogP contribution in [0.1, 0.15) is 51.5 Å². The first-order chi connectivity index (χ1) is 14.9. The SMILES string of the molecule is CCCCC(CC)COC(=O)CCS(=O)(=O)c1ccc(OCc2ccccc2)c(N)n1. The summed E-state index contributed by atoms with van der Waals surface area (Å²) in [6, 6.07) is 12.3. The van der Waals surface area contributed by atoms with Crippen molar-refractivity contribution in [2.75, 3.05) is 18.1 Å². The van der Waals surface area contributed by atoms with Crippen LogP contribution < -0.4 is 10.5 Å². The molecule has 1 heterocycles. The molecular weight excluding hydrogens is 416 g/mol. The average Bonchev–Trinajstić information content (AvgIpc) is 2.77. The molecule has 1 unspecified atom stereocenters. The van der Waals surface area contributed by atoms with Crippen LogP contribution in [0.2, 0.25) is 0 Å². The van der Waals surface area contributed by atoms with E-state index in [0.717, 1.165) is 31.2 Å². The number of hydrogen-bond donors (Lipinski definition) is 1. The summed E-state index contributed by atoms with van der Waals surface area (Å²) < 4.78 is 36.0. The van der Waals surface area contributed by atoms with Crippen molar-refractivity contribution in [2.24, 2.45) is 5.92 Å². The summed E-state index contributed by atoms with van der Waals surface area (Å²) in [6.07, 6.45) is 3.88. The van der Waals surface area contributed by atoms with Gasteiger partial charge in [-0.3, -0.25) is 4.79 Å². The molecule has 0 saturated carbocycles. The lowest BCUT2D eigenvalue weighted by Gasteiger charge is -2.14. The number of benzene rings is 1. The molecular formula is C23H32N2O5S. The number of carbonyl (C=O) groups is 1. The van der Waals surface area contributed by atoms with Crippen LogP contribution >= 0.6 is 0 Å². The van der Waals surface area contributed by atoms with E-state index in [2.05, 4.69) is 18.8 Å². The molecule has 2 N–H and O–H groups in total. The molecule has 2 rings (SSSR count). The second-order valence-corrected chi connectivity index (χ2v) is 9.53. The van der Waals surface area contributed by atoms with Crippen LogP contribution in [0.5, 0.6) is 5.75 Å². The maximum absolute atomic E-state index is 12.5. The van der Waals surface area contributed by atoms with Crippen molar-refractivity contribution in [3.05, 3.63) is 48.0 Å². The molecule has 1 aromatic heterocycles. The normalized spacial score (nSPS) is 12.3. The van der Waals surface area contributed by atoms with Gasteiger partial charge in [-0.2, -0.15) is 0 Å². The van der Waals surface area contributed by atoms with E-state index in [-0.39, 0.29) is 23.0 Å². The summed E-state index contributed by atoms with van der Waals surface area (Å²) in [5, 5.41) is -0.181. The summed E-state index contributed by atoms with van der Waals surface area (Å²) in [5.41, 5.74) is 6.84. The zero-order valence-electron chi connectivity index (χ0n) is 18.2. The summed E-state index contributed by atoms with van der Waals surface area (Å²) >= 11 is 0. The van der Waals surface area contributed by atoms with Crippen LogP contribution in [-0.2, 0) is 26.0 Å². The molecule has 8 heteroatoms. The molecule has 0 amide bonds. The first-order valence-electron chi connectivity index (χ1n) is 10.7. The van der Waals surface area contributed by atoms with Gasteiger partial charge >= 0.3 is 5.97 Å². The fourth-order valence-electron chi connectivity index (χ4n) is 2.98. The van der Waals surface area contributed by atoms with Crippen molar-refractivity contribution >= 4 is 21.6 Å². The van der Waals surface area contributed by atoms with E-state index in [1.807, 2.05) is 30.3 Å². The number of nitrogen functional groups attached to an aromatic ring is 1. The van der Waals surface area contributed by atoms with Gasteiger partial charge in [-0.05, 0) is 30.0 Å². The largest absolute Gasteiger partial charge is 0.485 e.